The van der Waals surface area contributed by atoms with Gasteiger partial charge in [0.1, 0.15) is 12.4 Å². The maximum absolute atomic E-state index is 11.9. The van der Waals surface area contributed by atoms with Crippen molar-refractivity contribution in [3.8, 4) is 5.75 Å². The number of oxime groups is 1. The van der Waals surface area contributed by atoms with E-state index in [-0.39, 0.29) is 32.1 Å². The molecule has 0 amide bonds. The summed E-state index contributed by atoms with van der Waals surface area (Å²) in [6.45, 7) is 0.486. The van der Waals surface area contributed by atoms with Crippen LogP contribution in [0.25, 0.3) is 0 Å². The molecule has 1 aromatic carbocycles. The third kappa shape index (κ3) is 7.40. The van der Waals surface area contributed by atoms with Gasteiger partial charge in [0.2, 0.25) is 0 Å². The molecule has 0 unspecified atom stereocenters. The fourth-order valence-corrected chi connectivity index (χ4v) is 1.47. The Labute approximate surface area is 120 Å². The lowest BCUT2D eigenvalue weighted by molar-refractivity contribution is -0.138. The van der Waals surface area contributed by atoms with E-state index in [0.29, 0.717) is 11.3 Å². The number of ether oxygens (including phenoxy) is 2. The molecule has 0 heterocycles. The second-order valence-electron chi connectivity index (χ2n) is 4.19. The van der Waals surface area contributed by atoms with Crippen LogP contribution in [0.5, 0.6) is 5.75 Å². The number of hydrogen-bond donors (Lipinski definition) is 2. The zero-order valence-corrected chi connectivity index (χ0v) is 11.3. The molecule has 0 atom stereocenters. The third-order valence-corrected chi connectivity index (χ3v) is 2.50. The Morgan fingerprint density at radius 3 is 2.38 bits per heavy atom. The van der Waals surface area contributed by atoms with Crippen LogP contribution in [0, 0.1) is 0 Å². The number of amidine groups is 1. The van der Waals surface area contributed by atoms with Crippen molar-refractivity contribution in [2.75, 3.05) is 19.8 Å². The Bertz CT molecular complexity index is 447. The normalized spacial score (nSPS) is 12.4. The summed E-state index contributed by atoms with van der Waals surface area (Å²) in [6.07, 6.45) is -5.04. The Morgan fingerprint density at radius 1 is 1.14 bits per heavy atom. The van der Waals surface area contributed by atoms with Gasteiger partial charge in [-0.3, -0.25) is 0 Å². The van der Waals surface area contributed by atoms with Gasteiger partial charge in [-0.25, -0.2) is 0 Å². The van der Waals surface area contributed by atoms with Gasteiger partial charge in [-0.2, -0.15) is 13.2 Å². The standard InChI is InChI=1S/C13H17F3N2O3/c14-13(15,16)6-1-7-20-8-9-21-11-4-2-10(3-5-11)12(17)18-19/h2-5,19H,1,6-9H2,(H2,17,18). The average Bonchev–Trinajstić information content (AvgIpc) is 2.45. The van der Waals surface area contributed by atoms with Gasteiger partial charge in [0.05, 0.1) is 6.61 Å². The summed E-state index contributed by atoms with van der Waals surface area (Å²) in [4.78, 5) is 0. The van der Waals surface area contributed by atoms with Crippen molar-refractivity contribution in [1.82, 2.24) is 0 Å². The van der Waals surface area contributed by atoms with E-state index in [1.165, 1.54) is 0 Å². The molecule has 0 spiro atoms. The molecule has 118 valence electrons. The SMILES string of the molecule is N/C(=N/O)c1ccc(OCCOCCCC(F)(F)F)cc1. The van der Waals surface area contributed by atoms with E-state index in [2.05, 4.69) is 5.16 Å². The molecule has 0 aliphatic heterocycles. The van der Waals surface area contributed by atoms with Crippen molar-refractivity contribution in [2.45, 2.75) is 19.0 Å². The first-order valence-corrected chi connectivity index (χ1v) is 6.27. The molecule has 8 heteroatoms. The van der Waals surface area contributed by atoms with Gasteiger partial charge in [-0.05, 0) is 30.7 Å². The largest absolute Gasteiger partial charge is 0.491 e. The summed E-state index contributed by atoms with van der Waals surface area (Å²) in [5.74, 6) is 0.554. The highest BCUT2D eigenvalue weighted by Crippen LogP contribution is 2.21. The first-order valence-electron chi connectivity index (χ1n) is 6.27. The fourth-order valence-electron chi connectivity index (χ4n) is 1.47. The van der Waals surface area contributed by atoms with E-state index in [9.17, 15) is 13.2 Å². The van der Waals surface area contributed by atoms with E-state index in [4.69, 9.17) is 20.4 Å². The van der Waals surface area contributed by atoms with Gasteiger partial charge >= 0.3 is 6.18 Å². The Balaban J connectivity index is 2.16. The van der Waals surface area contributed by atoms with Gasteiger partial charge in [-0.15, -0.1) is 0 Å². The summed E-state index contributed by atoms with van der Waals surface area (Å²) in [6, 6.07) is 6.51. The minimum absolute atomic E-state index is 0.00505. The topological polar surface area (TPSA) is 77.1 Å². The molecule has 21 heavy (non-hydrogen) atoms. The van der Waals surface area contributed by atoms with Crippen LogP contribution in [0.3, 0.4) is 0 Å². The summed E-state index contributed by atoms with van der Waals surface area (Å²) in [5, 5.41) is 11.4. The van der Waals surface area contributed by atoms with Crippen LogP contribution in [0.15, 0.2) is 29.4 Å². The molecule has 0 saturated heterocycles. The van der Waals surface area contributed by atoms with Crippen LogP contribution in [-0.2, 0) is 4.74 Å². The van der Waals surface area contributed by atoms with E-state index < -0.39 is 12.6 Å². The highest BCUT2D eigenvalue weighted by molar-refractivity contribution is 5.97. The lowest BCUT2D eigenvalue weighted by Crippen LogP contribution is -2.13. The Hall–Kier alpha value is -1.96. The van der Waals surface area contributed by atoms with E-state index in [1.807, 2.05) is 0 Å². The van der Waals surface area contributed by atoms with Crippen molar-refractivity contribution in [3.63, 3.8) is 0 Å². The van der Waals surface area contributed by atoms with Crippen LogP contribution in [0.2, 0.25) is 0 Å². The zero-order valence-electron chi connectivity index (χ0n) is 11.3. The van der Waals surface area contributed by atoms with Gasteiger partial charge in [0.15, 0.2) is 5.84 Å². The zero-order chi connectivity index (χ0) is 15.7. The van der Waals surface area contributed by atoms with Crippen LogP contribution < -0.4 is 10.5 Å². The Morgan fingerprint density at radius 2 is 1.81 bits per heavy atom. The van der Waals surface area contributed by atoms with Crippen LogP contribution in [-0.4, -0.2) is 37.0 Å². The Kier molecular flexibility index (Phi) is 6.80. The number of hydrogen-bond acceptors (Lipinski definition) is 4. The van der Waals surface area contributed by atoms with E-state index in [1.54, 1.807) is 24.3 Å². The highest BCUT2D eigenvalue weighted by Gasteiger charge is 2.25. The maximum atomic E-state index is 11.9. The summed E-state index contributed by atoms with van der Waals surface area (Å²) >= 11 is 0. The molecule has 5 nitrogen and oxygen atoms in total. The first-order chi connectivity index (χ1) is 9.92. The van der Waals surface area contributed by atoms with Crippen molar-refractivity contribution in [2.24, 2.45) is 10.9 Å². The number of nitrogens with zero attached hydrogens (tertiary/aromatic N) is 1. The molecule has 3 N–H and O–H groups in total. The van der Waals surface area contributed by atoms with Crippen LogP contribution >= 0.6 is 0 Å². The maximum Gasteiger partial charge on any atom is 0.389 e. The smallest absolute Gasteiger partial charge is 0.389 e. The molecule has 0 aliphatic rings. The molecule has 0 aliphatic carbocycles. The second-order valence-corrected chi connectivity index (χ2v) is 4.19. The lowest BCUT2D eigenvalue weighted by Gasteiger charge is -2.08. The fraction of sp³-hybridized carbons (Fsp3) is 0.462. The summed E-state index contributed by atoms with van der Waals surface area (Å²) in [5.41, 5.74) is 5.95. The molecular weight excluding hydrogens is 289 g/mol. The van der Waals surface area contributed by atoms with Gasteiger partial charge < -0.3 is 20.4 Å². The first kappa shape index (κ1) is 17.1. The van der Waals surface area contributed by atoms with Crippen LogP contribution in [0.4, 0.5) is 13.2 Å². The predicted octanol–water partition coefficient (Wildman–Crippen LogP) is 2.52. The van der Waals surface area contributed by atoms with Crippen molar-refractivity contribution in [3.05, 3.63) is 29.8 Å². The van der Waals surface area contributed by atoms with Crippen molar-refractivity contribution >= 4 is 5.84 Å². The number of rotatable bonds is 8. The molecule has 0 radical (unpaired) electrons. The second kappa shape index (κ2) is 8.35. The molecule has 1 rings (SSSR count). The number of benzene rings is 1. The number of nitrogens with two attached hydrogens (primary N) is 1. The van der Waals surface area contributed by atoms with E-state index >= 15 is 0 Å². The summed E-state index contributed by atoms with van der Waals surface area (Å²) < 4.78 is 45.9. The number of halogens is 3. The average molecular weight is 306 g/mol. The lowest BCUT2D eigenvalue weighted by atomic mass is 10.2. The molecule has 0 aromatic heterocycles. The van der Waals surface area contributed by atoms with Crippen molar-refractivity contribution < 1.29 is 27.9 Å². The molecule has 0 fully saturated rings. The number of alkyl halides is 3. The van der Waals surface area contributed by atoms with Gasteiger partial charge in [0.25, 0.3) is 0 Å². The van der Waals surface area contributed by atoms with Crippen LogP contribution in [0.1, 0.15) is 18.4 Å². The molecule has 1 aromatic rings. The summed E-state index contributed by atoms with van der Waals surface area (Å²) in [7, 11) is 0. The minimum Gasteiger partial charge on any atom is -0.491 e. The third-order valence-electron chi connectivity index (χ3n) is 2.50. The van der Waals surface area contributed by atoms with Crippen molar-refractivity contribution in [1.29, 1.82) is 0 Å². The van der Waals surface area contributed by atoms with Gasteiger partial charge in [-0.1, -0.05) is 5.16 Å². The predicted molar refractivity (Wildman–Crippen MR) is 70.6 cm³/mol. The molecular formula is C13H17F3N2O3. The highest BCUT2D eigenvalue weighted by atomic mass is 19.4. The quantitative estimate of drug-likeness (QED) is 0.254. The molecule has 0 saturated carbocycles. The molecule has 0 bridgehead atoms. The minimum atomic E-state index is -4.14. The monoisotopic (exact) mass is 306 g/mol. The van der Waals surface area contributed by atoms with Gasteiger partial charge in [0, 0.05) is 18.6 Å². The van der Waals surface area contributed by atoms with E-state index in [0.717, 1.165) is 0 Å².